The fourth-order valence-electron chi connectivity index (χ4n) is 15.8. The van der Waals surface area contributed by atoms with E-state index in [1.807, 2.05) is 67.1 Å². The van der Waals surface area contributed by atoms with E-state index in [9.17, 15) is 0 Å². The van der Waals surface area contributed by atoms with Crippen molar-refractivity contribution in [1.82, 2.24) is 0 Å². The molecule has 1 aliphatic heterocycles. The van der Waals surface area contributed by atoms with Crippen LogP contribution in [0.3, 0.4) is 0 Å². The number of rotatable bonds is 61. The number of unbranched alkanes of at least 4 members (excludes halogenated alkanes) is 41. The molecule has 0 fully saturated rings. The van der Waals surface area contributed by atoms with Gasteiger partial charge in [-0.2, -0.15) is 0 Å². The molecule has 7 rings (SSSR count). The van der Waals surface area contributed by atoms with Gasteiger partial charge in [-0.1, -0.05) is 356 Å². The molecule has 558 valence electrons. The Labute approximate surface area is 634 Å². The summed E-state index contributed by atoms with van der Waals surface area (Å²) in [7, 11) is -3.74. The smallest absolute Gasteiger partial charge is 0.264 e. The average molecular weight is 1480 g/mol. The van der Waals surface area contributed by atoms with Crippen LogP contribution in [0.25, 0.3) is 48.8 Å². The van der Waals surface area contributed by atoms with Crippen LogP contribution in [-0.2, 0) is 22.9 Å². The van der Waals surface area contributed by atoms with Gasteiger partial charge in [0.15, 0.2) is 0 Å². The van der Waals surface area contributed by atoms with E-state index >= 15 is 8.42 Å². The van der Waals surface area contributed by atoms with Gasteiger partial charge in [0.2, 0.25) is 0 Å². The summed E-state index contributed by atoms with van der Waals surface area (Å²) in [6.07, 6.45) is 70.9. The Balaban J connectivity index is 1.15. The molecular formula is C89H143NO2S7. The highest BCUT2D eigenvalue weighted by molar-refractivity contribution is 7.93. The molecule has 0 bridgehead atoms. The van der Waals surface area contributed by atoms with Crippen LogP contribution in [0.15, 0.2) is 53.4 Å². The Bertz CT molecular complexity index is 3140. The van der Waals surface area contributed by atoms with Crippen molar-refractivity contribution >= 4 is 83.7 Å². The van der Waals surface area contributed by atoms with E-state index in [1.165, 1.54) is 375 Å². The lowest BCUT2D eigenvalue weighted by Crippen LogP contribution is -2.37. The maximum atomic E-state index is 15.4. The first-order valence-corrected chi connectivity index (χ1v) is 48.5. The molecule has 0 amide bonds. The fourth-order valence-corrected chi connectivity index (χ4v) is 25.1. The van der Waals surface area contributed by atoms with Gasteiger partial charge in [-0.25, -0.2) is 8.42 Å². The first-order chi connectivity index (χ1) is 48.5. The zero-order valence-electron chi connectivity index (χ0n) is 64.7. The predicted molar refractivity (Wildman–Crippen MR) is 452 cm³/mol. The SMILES string of the molecule is CCCCCCCCCCCCC(C)Cc1cc(C)sc1-c1ccc(-c2ccc(-c3sc(-c4cc5c(s4)-c4sc(C)cc4S(=O)(=O)N5CC(CCCCCCCCCC)CCCCCCCCCCCC)cc3CC(CCCCCCCCCC)CCCCCCCCCCCC)s2)s1. The molecule has 0 saturated heterocycles. The van der Waals surface area contributed by atoms with Gasteiger partial charge in [0.25, 0.3) is 10.0 Å². The zero-order valence-corrected chi connectivity index (χ0v) is 70.4. The first kappa shape index (κ1) is 84.2. The summed E-state index contributed by atoms with van der Waals surface area (Å²) in [5.74, 6) is 1.69. The number of thiophene rings is 6. The summed E-state index contributed by atoms with van der Waals surface area (Å²) in [6.45, 7) is 19.1. The number of anilines is 1. The topological polar surface area (TPSA) is 37.4 Å². The standard InChI is InChI=1S/C89H143NO2S7/c1-9-14-19-24-29-34-37-40-45-50-55-71(6)64-76-65-72(7)93-86(76)81-62-60-79(95-81)80-61-63-82(96-80)87-77(67-74(56-51-46-41-32-27-22-17-12-4)57-52-47-43-38-35-30-25-20-15-10-2)68-83(97-87)84-69-78-88(98-84)89-85(66-73(8)94-89)99(91,92)90(78)70-75(58-53-48-42-33-28-23-18-13-5)59-54-49-44-39-36-31-26-21-16-11-3/h60-63,65-66,68-69,71,74-75H,9-59,64,67,70H2,1-8H3. The van der Waals surface area contributed by atoms with Crippen molar-refractivity contribution in [3.05, 3.63) is 69.4 Å². The molecule has 0 aliphatic carbocycles. The van der Waals surface area contributed by atoms with E-state index in [0.717, 1.165) is 34.7 Å². The number of nitrogens with zero attached hydrogens (tertiary/aromatic N) is 1. The predicted octanol–water partition coefficient (Wildman–Crippen LogP) is 33.5. The highest BCUT2D eigenvalue weighted by Gasteiger charge is 2.40. The van der Waals surface area contributed by atoms with Gasteiger partial charge in [-0.05, 0) is 117 Å². The monoisotopic (exact) mass is 1480 g/mol. The minimum absolute atomic E-state index is 0.344. The maximum Gasteiger partial charge on any atom is 0.265 e. The number of sulfonamides is 1. The number of aryl methyl sites for hydroxylation is 2. The van der Waals surface area contributed by atoms with E-state index < -0.39 is 10.0 Å². The lowest BCUT2D eigenvalue weighted by Gasteiger charge is -2.32. The Morgan fingerprint density at radius 1 is 0.313 bits per heavy atom. The molecule has 0 N–H and O–H groups in total. The van der Waals surface area contributed by atoms with Crippen molar-refractivity contribution in [2.75, 3.05) is 10.8 Å². The fraction of sp³-hybridized carbons (Fsp3) is 0.730. The number of fused-ring (bicyclic) bond motifs is 3. The van der Waals surface area contributed by atoms with Gasteiger partial charge in [-0.3, -0.25) is 4.31 Å². The molecule has 10 heteroatoms. The van der Waals surface area contributed by atoms with E-state index in [-0.39, 0.29) is 0 Å². The zero-order chi connectivity index (χ0) is 70.1. The van der Waals surface area contributed by atoms with Gasteiger partial charge >= 0.3 is 0 Å². The second kappa shape index (κ2) is 49.7. The Hall–Kier alpha value is -2.05. The average Bonchev–Trinajstić information content (AvgIpc) is 1.60. The van der Waals surface area contributed by atoms with Crippen LogP contribution >= 0.6 is 68.0 Å². The molecule has 0 saturated carbocycles. The lowest BCUT2D eigenvalue weighted by molar-refractivity contribution is 0.400. The highest BCUT2D eigenvalue weighted by Crippen LogP contribution is 2.56. The number of hydrogen-bond donors (Lipinski definition) is 0. The number of hydrogen-bond acceptors (Lipinski definition) is 8. The van der Waals surface area contributed by atoms with E-state index in [2.05, 4.69) is 97.9 Å². The van der Waals surface area contributed by atoms with Gasteiger partial charge in [0.05, 0.1) is 15.4 Å². The molecule has 99 heavy (non-hydrogen) atoms. The van der Waals surface area contributed by atoms with Crippen LogP contribution in [0.1, 0.15) is 390 Å². The molecular weight excluding hydrogens is 1340 g/mol. The van der Waals surface area contributed by atoms with Crippen LogP contribution in [0.5, 0.6) is 0 Å². The van der Waals surface area contributed by atoms with Gasteiger partial charge in [-0.15, -0.1) is 68.0 Å². The normalized spacial score (nSPS) is 13.8. The third-order valence-electron chi connectivity index (χ3n) is 21.9. The Morgan fingerprint density at radius 3 is 1.06 bits per heavy atom. The third kappa shape index (κ3) is 30.0. The maximum absolute atomic E-state index is 15.4. The minimum Gasteiger partial charge on any atom is -0.264 e. The van der Waals surface area contributed by atoms with Crippen molar-refractivity contribution in [2.45, 2.75) is 401 Å². The minimum atomic E-state index is -3.74. The van der Waals surface area contributed by atoms with Gasteiger partial charge in [0.1, 0.15) is 4.90 Å². The molecule has 0 radical (unpaired) electrons. The molecule has 7 heterocycles. The molecule has 3 atom stereocenters. The van der Waals surface area contributed by atoms with Crippen LogP contribution in [0.2, 0.25) is 0 Å². The van der Waals surface area contributed by atoms with Crippen LogP contribution in [0.4, 0.5) is 5.69 Å². The largest absolute Gasteiger partial charge is 0.265 e. The summed E-state index contributed by atoms with van der Waals surface area (Å²) in [4.78, 5) is 16.2. The van der Waals surface area contributed by atoms with E-state index in [1.54, 1.807) is 16.9 Å². The first-order valence-electron chi connectivity index (χ1n) is 42.2. The van der Waals surface area contributed by atoms with E-state index in [4.69, 9.17) is 0 Å². The molecule has 6 aromatic rings. The van der Waals surface area contributed by atoms with Crippen molar-refractivity contribution in [3.63, 3.8) is 0 Å². The van der Waals surface area contributed by atoms with Crippen LogP contribution < -0.4 is 4.31 Å². The van der Waals surface area contributed by atoms with E-state index in [0.29, 0.717) is 29.2 Å². The van der Waals surface area contributed by atoms with Crippen molar-refractivity contribution in [2.24, 2.45) is 17.8 Å². The second-order valence-electron chi connectivity index (χ2n) is 31.1. The van der Waals surface area contributed by atoms with Gasteiger partial charge in [0, 0.05) is 55.3 Å². The molecule has 6 aromatic heterocycles. The second-order valence-corrected chi connectivity index (χ2v) is 39.7. The van der Waals surface area contributed by atoms with Crippen LogP contribution in [-0.4, -0.2) is 15.0 Å². The van der Waals surface area contributed by atoms with Gasteiger partial charge < -0.3 is 0 Å². The van der Waals surface area contributed by atoms with Crippen molar-refractivity contribution in [1.29, 1.82) is 0 Å². The Kier molecular flexibility index (Phi) is 42.3. The summed E-state index contributed by atoms with van der Waals surface area (Å²) in [5.41, 5.74) is 4.01. The molecule has 0 spiro atoms. The van der Waals surface area contributed by atoms with Crippen LogP contribution in [0, 0.1) is 31.6 Å². The quantitative estimate of drug-likeness (QED) is 0.0357. The lowest BCUT2D eigenvalue weighted by atomic mass is 9.88. The molecule has 0 aromatic carbocycles. The molecule has 3 nitrogen and oxygen atoms in total. The molecule has 1 aliphatic rings. The Morgan fingerprint density at radius 2 is 0.636 bits per heavy atom. The summed E-state index contributed by atoms with van der Waals surface area (Å²) in [6, 6.07) is 19.2. The third-order valence-corrected chi connectivity index (χ3v) is 31.3. The summed E-state index contributed by atoms with van der Waals surface area (Å²) in [5, 5.41) is 0. The summed E-state index contributed by atoms with van der Waals surface area (Å²) >= 11 is 11.6. The van der Waals surface area contributed by atoms with Crippen molar-refractivity contribution < 1.29 is 8.42 Å². The summed E-state index contributed by atoms with van der Waals surface area (Å²) < 4.78 is 32.7. The van der Waals surface area contributed by atoms with Crippen molar-refractivity contribution in [3.8, 4) is 48.8 Å². The molecule has 3 unspecified atom stereocenters. The highest BCUT2D eigenvalue weighted by atomic mass is 32.2.